The number of hydrogen-bond donors (Lipinski definition) is 3. The Morgan fingerprint density at radius 2 is 2.35 bits per heavy atom. The highest BCUT2D eigenvalue weighted by atomic mass is 16.5. The fourth-order valence-electron chi connectivity index (χ4n) is 2.34. The first kappa shape index (κ1) is 14.6. The van der Waals surface area contributed by atoms with E-state index in [0.29, 0.717) is 18.8 Å². The van der Waals surface area contributed by atoms with Crippen LogP contribution in [0.2, 0.25) is 0 Å². The maximum absolute atomic E-state index is 12.0. The van der Waals surface area contributed by atoms with Gasteiger partial charge in [0.25, 0.3) is 0 Å². The molecule has 1 saturated heterocycles. The Hall–Kier alpha value is -1.79. The molecule has 0 spiro atoms. The van der Waals surface area contributed by atoms with Gasteiger partial charge in [0, 0.05) is 19.6 Å². The van der Waals surface area contributed by atoms with Gasteiger partial charge in [-0.15, -0.1) is 0 Å². The third-order valence-corrected chi connectivity index (χ3v) is 3.55. The number of carbonyl (C=O) groups is 1. The summed E-state index contributed by atoms with van der Waals surface area (Å²) in [6.07, 6.45) is 0.769. The molecule has 0 aliphatic carbocycles. The highest BCUT2D eigenvalue weighted by Crippen LogP contribution is 2.26. The van der Waals surface area contributed by atoms with Crippen molar-refractivity contribution in [1.29, 1.82) is 0 Å². The van der Waals surface area contributed by atoms with Crippen LogP contribution in [0.15, 0.2) is 18.2 Å². The van der Waals surface area contributed by atoms with Crippen molar-refractivity contribution >= 4 is 5.91 Å². The minimum atomic E-state index is -0.0684. The van der Waals surface area contributed by atoms with Crippen molar-refractivity contribution in [2.24, 2.45) is 5.92 Å². The molecule has 3 N–H and O–H groups in total. The Labute approximate surface area is 118 Å². The molecule has 20 heavy (non-hydrogen) atoms. The number of carbonyl (C=O) groups excluding carboxylic acids is 1. The number of ether oxygens (including phenoxy) is 1. The minimum Gasteiger partial charge on any atom is -0.504 e. The second-order valence-corrected chi connectivity index (χ2v) is 4.93. The van der Waals surface area contributed by atoms with Crippen molar-refractivity contribution in [1.82, 2.24) is 10.2 Å². The second-order valence-electron chi connectivity index (χ2n) is 4.93. The Bertz CT molecular complexity index is 478. The Kier molecular flexibility index (Phi) is 4.81. The van der Waals surface area contributed by atoms with E-state index in [1.807, 2.05) is 4.90 Å². The quantitative estimate of drug-likeness (QED) is 0.722. The molecular formula is C14H20N2O4. The molecule has 6 heteroatoms. The number of methoxy groups -OCH3 is 1. The molecule has 6 nitrogen and oxygen atoms in total. The molecular weight excluding hydrogens is 260 g/mol. The summed E-state index contributed by atoms with van der Waals surface area (Å²) in [5.74, 6) is 0.398. The van der Waals surface area contributed by atoms with Crippen molar-refractivity contribution in [3.05, 3.63) is 23.8 Å². The molecule has 1 aliphatic heterocycles. The summed E-state index contributed by atoms with van der Waals surface area (Å²) in [5.41, 5.74) is 0.866. The Balaban J connectivity index is 1.87. The number of aliphatic hydroxyl groups excluding tert-OH is 1. The zero-order valence-electron chi connectivity index (χ0n) is 11.5. The number of nitrogens with zero attached hydrogens (tertiary/aromatic N) is 1. The van der Waals surface area contributed by atoms with Crippen molar-refractivity contribution in [3.63, 3.8) is 0 Å². The fourth-order valence-corrected chi connectivity index (χ4v) is 2.34. The van der Waals surface area contributed by atoms with Crippen LogP contribution in [0.25, 0.3) is 0 Å². The van der Waals surface area contributed by atoms with Crippen molar-refractivity contribution < 1.29 is 19.7 Å². The number of aliphatic hydroxyl groups is 1. The van der Waals surface area contributed by atoms with Crippen LogP contribution in [0.5, 0.6) is 11.5 Å². The smallest absolute Gasteiger partial charge is 0.224 e. The summed E-state index contributed by atoms with van der Waals surface area (Å²) in [4.78, 5) is 13.8. The van der Waals surface area contributed by atoms with Crippen LogP contribution >= 0.6 is 0 Å². The van der Waals surface area contributed by atoms with E-state index >= 15 is 0 Å². The van der Waals surface area contributed by atoms with Gasteiger partial charge < -0.3 is 20.3 Å². The van der Waals surface area contributed by atoms with Crippen LogP contribution in [0.3, 0.4) is 0 Å². The number of amides is 1. The van der Waals surface area contributed by atoms with Gasteiger partial charge in [0.1, 0.15) is 0 Å². The van der Waals surface area contributed by atoms with Crippen LogP contribution < -0.4 is 10.1 Å². The number of hydrogen-bond acceptors (Lipinski definition) is 5. The average molecular weight is 280 g/mol. The third-order valence-electron chi connectivity index (χ3n) is 3.55. The molecule has 110 valence electrons. The largest absolute Gasteiger partial charge is 0.504 e. The van der Waals surface area contributed by atoms with E-state index in [0.717, 1.165) is 18.5 Å². The predicted octanol–water partition coefficient (Wildman–Crippen LogP) is 0.289. The van der Waals surface area contributed by atoms with E-state index in [9.17, 15) is 9.90 Å². The molecule has 0 unspecified atom stereocenters. The van der Waals surface area contributed by atoms with E-state index in [1.165, 1.54) is 7.11 Å². The lowest BCUT2D eigenvalue weighted by atomic mass is 10.1. The number of phenols is 1. The normalized spacial score (nSPS) is 19.0. The van der Waals surface area contributed by atoms with E-state index in [2.05, 4.69) is 5.32 Å². The number of rotatable bonds is 5. The molecule has 0 saturated carbocycles. The number of likely N-dealkylation sites (tertiary alicyclic amines) is 1. The lowest BCUT2D eigenvalue weighted by Gasteiger charge is -2.13. The molecule has 1 heterocycles. The van der Waals surface area contributed by atoms with E-state index in [1.54, 1.807) is 18.2 Å². The molecule has 1 aliphatic rings. The number of phenolic OH excluding ortho intramolecular Hbond substituents is 1. The predicted molar refractivity (Wildman–Crippen MR) is 73.3 cm³/mol. The summed E-state index contributed by atoms with van der Waals surface area (Å²) >= 11 is 0. The second kappa shape index (κ2) is 6.58. The van der Waals surface area contributed by atoms with Gasteiger partial charge in [-0.05, 0) is 24.1 Å². The summed E-state index contributed by atoms with van der Waals surface area (Å²) in [6, 6.07) is 4.99. The van der Waals surface area contributed by atoms with E-state index < -0.39 is 0 Å². The van der Waals surface area contributed by atoms with Crippen LogP contribution in [-0.4, -0.2) is 48.0 Å². The first-order chi connectivity index (χ1) is 9.63. The molecule has 1 fully saturated rings. The Morgan fingerprint density at radius 3 is 3.00 bits per heavy atom. The van der Waals surface area contributed by atoms with Crippen molar-refractivity contribution in [2.75, 3.05) is 26.9 Å². The number of aromatic hydroxyl groups is 1. The fraction of sp³-hybridized carbons (Fsp3) is 0.500. The van der Waals surface area contributed by atoms with E-state index in [-0.39, 0.29) is 24.3 Å². The topological polar surface area (TPSA) is 82.0 Å². The van der Waals surface area contributed by atoms with Crippen LogP contribution in [-0.2, 0) is 11.3 Å². The van der Waals surface area contributed by atoms with Crippen LogP contribution in [0.4, 0.5) is 0 Å². The van der Waals surface area contributed by atoms with Gasteiger partial charge in [-0.25, -0.2) is 0 Å². The maximum atomic E-state index is 12.0. The van der Waals surface area contributed by atoms with Crippen molar-refractivity contribution in [3.8, 4) is 11.5 Å². The summed E-state index contributed by atoms with van der Waals surface area (Å²) in [6.45, 7) is 1.74. The molecule has 1 atom stereocenters. The van der Waals surface area contributed by atoms with E-state index in [4.69, 9.17) is 9.84 Å². The molecule has 0 bridgehead atoms. The molecule has 0 aromatic heterocycles. The zero-order valence-corrected chi connectivity index (χ0v) is 11.5. The van der Waals surface area contributed by atoms with Gasteiger partial charge in [-0.3, -0.25) is 9.69 Å². The molecule has 1 aromatic carbocycles. The van der Waals surface area contributed by atoms with Gasteiger partial charge in [0.2, 0.25) is 5.91 Å². The number of benzene rings is 1. The van der Waals surface area contributed by atoms with Gasteiger partial charge >= 0.3 is 0 Å². The lowest BCUT2D eigenvalue weighted by Crippen LogP contribution is -2.32. The summed E-state index contributed by atoms with van der Waals surface area (Å²) in [5, 5.41) is 21.4. The highest BCUT2D eigenvalue weighted by Gasteiger charge is 2.27. The SMILES string of the molecule is COc1cc(CNC(=O)[C@@H]2CCN(CO)C2)ccc1O. The van der Waals surface area contributed by atoms with Gasteiger partial charge in [-0.1, -0.05) is 6.07 Å². The first-order valence-electron chi connectivity index (χ1n) is 6.61. The first-order valence-corrected chi connectivity index (χ1v) is 6.61. The Morgan fingerprint density at radius 1 is 1.55 bits per heavy atom. The minimum absolute atomic E-state index is 0.00105. The average Bonchev–Trinajstić information content (AvgIpc) is 2.95. The molecule has 2 rings (SSSR count). The molecule has 0 radical (unpaired) electrons. The monoisotopic (exact) mass is 280 g/mol. The van der Waals surface area contributed by atoms with Gasteiger partial charge in [0.05, 0.1) is 19.8 Å². The lowest BCUT2D eigenvalue weighted by molar-refractivity contribution is -0.124. The highest BCUT2D eigenvalue weighted by molar-refractivity contribution is 5.79. The molecule has 1 amide bonds. The summed E-state index contributed by atoms with van der Waals surface area (Å²) < 4.78 is 5.02. The summed E-state index contributed by atoms with van der Waals surface area (Å²) in [7, 11) is 1.49. The zero-order chi connectivity index (χ0) is 14.5. The van der Waals surface area contributed by atoms with Gasteiger partial charge in [0.15, 0.2) is 11.5 Å². The maximum Gasteiger partial charge on any atom is 0.224 e. The van der Waals surface area contributed by atoms with Gasteiger partial charge in [-0.2, -0.15) is 0 Å². The van der Waals surface area contributed by atoms with Crippen molar-refractivity contribution in [2.45, 2.75) is 13.0 Å². The van der Waals surface area contributed by atoms with Crippen LogP contribution in [0.1, 0.15) is 12.0 Å². The number of nitrogens with one attached hydrogen (secondary N) is 1. The third kappa shape index (κ3) is 3.40. The van der Waals surface area contributed by atoms with Crippen LogP contribution in [0, 0.1) is 5.92 Å². The molecule has 1 aromatic rings. The standard InChI is InChI=1S/C14H20N2O4/c1-20-13-6-10(2-3-12(13)18)7-15-14(19)11-4-5-16(8-11)9-17/h2-3,6,11,17-18H,4-5,7-9H2,1H3,(H,15,19)/t11-/m1/s1.